The molecule has 2 aromatic carbocycles. The zero-order valence-electron chi connectivity index (χ0n) is 16.1. The monoisotopic (exact) mass is 429 g/mol. The van der Waals surface area contributed by atoms with E-state index in [2.05, 4.69) is 4.98 Å². The quantitative estimate of drug-likeness (QED) is 0.441. The summed E-state index contributed by atoms with van der Waals surface area (Å²) in [6.45, 7) is 0.189. The van der Waals surface area contributed by atoms with Crippen LogP contribution in [-0.2, 0) is 18.0 Å². The summed E-state index contributed by atoms with van der Waals surface area (Å²) in [7, 11) is 0. The Morgan fingerprint density at radius 3 is 2.10 bits per heavy atom. The zero-order chi connectivity index (χ0) is 22.2. The molecule has 1 heterocycles. The summed E-state index contributed by atoms with van der Waals surface area (Å²) < 4.78 is 80.1. The van der Waals surface area contributed by atoms with Gasteiger partial charge in [-0.15, -0.1) is 0 Å². The minimum Gasteiger partial charge on any atom is -0.383 e. The number of halogens is 6. The second kappa shape index (κ2) is 7.98. The number of fused-ring (bicyclic) bond motifs is 1. The van der Waals surface area contributed by atoms with E-state index in [9.17, 15) is 31.4 Å². The van der Waals surface area contributed by atoms with Crippen LogP contribution in [0.2, 0.25) is 0 Å². The number of hydrogen-bond donors (Lipinski definition) is 2. The molecule has 0 aliphatic heterocycles. The first kappa shape index (κ1) is 22.2. The number of alkyl halides is 6. The lowest BCUT2D eigenvalue weighted by molar-refractivity contribution is -0.137. The van der Waals surface area contributed by atoms with Gasteiger partial charge in [-0.1, -0.05) is 37.3 Å². The van der Waals surface area contributed by atoms with Gasteiger partial charge in [-0.3, -0.25) is 4.39 Å². The average Bonchev–Trinajstić information content (AvgIpc) is 3.09. The molecule has 0 saturated carbocycles. The lowest BCUT2D eigenvalue weighted by Crippen LogP contribution is -2.46. The largest absolute Gasteiger partial charge is 0.416 e. The summed E-state index contributed by atoms with van der Waals surface area (Å²) in [6, 6.07) is 12.4. The van der Waals surface area contributed by atoms with Gasteiger partial charge in [0.2, 0.25) is 0 Å². The molecule has 8 heteroatoms. The highest BCUT2D eigenvalue weighted by Gasteiger charge is 2.45. The molecule has 3 rings (SSSR count). The van der Waals surface area contributed by atoms with Gasteiger partial charge >= 0.3 is 6.18 Å². The van der Waals surface area contributed by atoms with Crippen molar-refractivity contribution < 1.29 is 31.4 Å². The van der Waals surface area contributed by atoms with Gasteiger partial charge in [0.1, 0.15) is 5.60 Å². The molecule has 0 saturated heterocycles. The molecule has 1 aromatic heterocycles. The van der Waals surface area contributed by atoms with Crippen molar-refractivity contribution in [3.05, 3.63) is 71.4 Å². The van der Waals surface area contributed by atoms with E-state index >= 15 is 0 Å². The predicted octanol–water partition coefficient (Wildman–Crippen LogP) is 6.04. The summed E-state index contributed by atoms with van der Waals surface area (Å²) in [6.07, 6.45) is -8.89. The third-order valence-electron chi connectivity index (χ3n) is 5.39. The standard InChI is InChI=1S/C22H21F6NO/c1-20(13-23,15-6-8-16(9-7-15)22(26,27)28)12-21(30,19(24)25)11-17-10-14-4-2-3-5-18(14)29-17/h2-10,19,29-30H,11-13H2,1H3. The van der Waals surface area contributed by atoms with Crippen LogP contribution in [0.3, 0.4) is 0 Å². The van der Waals surface area contributed by atoms with Crippen LogP contribution in [0.4, 0.5) is 26.3 Å². The summed E-state index contributed by atoms with van der Waals surface area (Å²) in [5, 5.41) is 11.5. The van der Waals surface area contributed by atoms with Crippen LogP contribution in [0, 0.1) is 0 Å². The number of benzene rings is 2. The number of rotatable bonds is 7. The van der Waals surface area contributed by atoms with E-state index in [0.29, 0.717) is 11.2 Å². The maximum atomic E-state index is 14.0. The van der Waals surface area contributed by atoms with Crippen LogP contribution in [0.25, 0.3) is 10.9 Å². The molecule has 2 nitrogen and oxygen atoms in total. The fourth-order valence-corrected chi connectivity index (χ4v) is 3.74. The molecule has 0 aliphatic rings. The van der Waals surface area contributed by atoms with Crippen molar-refractivity contribution in [1.82, 2.24) is 4.98 Å². The lowest BCUT2D eigenvalue weighted by atomic mass is 9.73. The number of para-hydroxylation sites is 1. The fraction of sp³-hybridized carbons (Fsp3) is 0.364. The minimum absolute atomic E-state index is 0.105. The molecule has 0 amide bonds. The lowest BCUT2D eigenvalue weighted by Gasteiger charge is -2.37. The number of hydrogen-bond acceptors (Lipinski definition) is 1. The second-order valence-corrected chi connectivity index (χ2v) is 7.91. The van der Waals surface area contributed by atoms with Crippen molar-refractivity contribution in [2.75, 3.05) is 6.67 Å². The molecule has 2 unspecified atom stereocenters. The molecule has 0 spiro atoms. The van der Waals surface area contributed by atoms with Gasteiger partial charge in [-0.25, -0.2) is 8.78 Å². The van der Waals surface area contributed by atoms with E-state index in [1.54, 1.807) is 30.3 Å². The first-order valence-electron chi connectivity index (χ1n) is 9.28. The summed E-state index contributed by atoms with van der Waals surface area (Å²) in [4.78, 5) is 2.96. The Morgan fingerprint density at radius 1 is 0.967 bits per heavy atom. The minimum atomic E-state index is -4.57. The third kappa shape index (κ3) is 4.48. The van der Waals surface area contributed by atoms with Crippen LogP contribution < -0.4 is 0 Å². The first-order valence-corrected chi connectivity index (χ1v) is 9.28. The molecule has 3 aromatic rings. The smallest absolute Gasteiger partial charge is 0.383 e. The van der Waals surface area contributed by atoms with Gasteiger partial charge in [0.05, 0.1) is 12.2 Å². The summed E-state index contributed by atoms with van der Waals surface area (Å²) >= 11 is 0. The number of aromatic nitrogens is 1. The molecule has 2 atom stereocenters. The Hall–Kier alpha value is -2.48. The van der Waals surface area contributed by atoms with Gasteiger partial charge in [0.15, 0.2) is 0 Å². The van der Waals surface area contributed by atoms with Crippen molar-refractivity contribution in [1.29, 1.82) is 0 Å². The normalized spacial score (nSPS) is 16.6. The molecule has 162 valence electrons. The number of aromatic amines is 1. The molecular weight excluding hydrogens is 408 g/mol. The molecule has 0 radical (unpaired) electrons. The van der Waals surface area contributed by atoms with Crippen LogP contribution in [-0.4, -0.2) is 28.8 Å². The molecule has 0 aliphatic carbocycles. The van der Waals surface area contributed by atoms with Crippen LogP contribution >= 0.6 is 0 Å². The van der Waals surface area contributed by atoms with E-state index in [-0.39, 0.29) is 5.56 Å². The average molecular weight is 429 g/mol. The SMILES string of the molecule is CC(CF)(CC(O)(Cc1cc2ccccc2[nH]1)C(F)F)c1ccc(C(F)(F)F)cc1. The third-order valence-corrected chi connectivity index (χ3v) is 5.39. The highest BCUT2D eigenvalue weighted by atomic mass is 19.4. The summed E-state index contributed by atoms with van der Waals surface area (Å²) in [5.74, 6) is 0. The topological polar surface area (TPSA) is 36.0 Å². The number of aliphatic hydroxyl groups is 1. The van der Waals surface area contributed by atoms with Crippen LogP contribution in [0.5, 0.6) is 0 Å². The van der Waals surface area contributed by atoms with Crippen molar-refractivity contribution in [3.8, 4) is 0 Å². The molecule has 2 N–H and O–H groups in total. The highest BCUT2D eigenvalue weighted by molar-refractivity contribution is 5.80. The van der Waals surface area contributed by atoms with E-state index in [1.807, 2.05) is 0 Å². The highest BCUT2D eigenvalue weighted by Crippen LogP contribution is 2.39. The number of nitrogens with one attached hydrogen (secondary N) is 1. The Bertz CT molecular complexity index is 964. The molecular formula is C22H21F6NO. The Kier molecular flexibility index (Phi) is 5.91. The molecule has 30 heavy (non-hydrogen) atoms. The Balaban J connectivity index is 1.90. The van der Waals surface area contributed by atoms with Gasteiger partial charge in [0.25, 0.3) is 6.43 Å². The second-order valence-electron chi connectivity index (χ2n) is 7.91. The van der Waals surface area contributed by atoms with Gasteiger partial charge in [-0.2, -0.15) is 13.2 Å². The van der Waals surface area contributed by atoms with E-state index in [1.165, 1.54) is 6.92 Å². The Labute approximate surface area is 169 Å². The molecule has 0 bridgehead atoms. The maximum Gasteiger partial charge on any atom is 0.416 e. The van der Waals surface area contributed by atoms with E-state index in [4.69, 9.17) is 0 Å². The van der Waals surface area contributed by atoms with Crippen molar-refractivity contribution in [3.63, 3.8) is 0 Å². The van der Waals surface area contributed by atoms with Crippen molar-refractivity contribution in [2.45, 2.75) is 43.4 Å². The van der Waals surface area contributed by atoms with Crippen LogP contribution in [0.1, 0.15) is 30.2 Å². The van der Waals surface area contributed by atoms with E-state index in [0.717, 1.165) is 29.7 Å². The summed E-state index contributed by atoms with van der Waals surface area (Å²) in [5.41, 5.74) is -3.93. The van der Waals surface area contributed by atoms with Gasteiger partial charge in [-0.05, 0) is 41.6 Å². The Morgan fingerprint density at radius 2 is 1.57 bits per heavy atom. The maximum absolute atomic E-state index is 14.0. The van der Waals surface area contributed by atoms with Gasteiger partial charge in [0, 0.05) is 23.0 Å². The van der Waals surface area contributed by atoms with Crippen molar-refractivity contribution in [2.24, 2.45) is 0 Å². The van der Waals surface area contributed by atoms with E-state index < -0.39 is 48.7 Å². The fourth-order valence-electron chi connectivity index (χ4n) is 3.74. The number of H-pyrrole nitrogens is 1. The van der Waals surface area contributed by atoms with Crippen LogP contribution in [0.15, 0.2) is 54.6 Å². The van der Waals surface area contributed by atoms with Crippen molar-refractivity contribution >= 4 is 10.9 Å². The molecule has 0 fully saturated rings. The zero-order valence-corrected chi connectivity index (χ0v) is 16.1. The van der Waals surface area contributed by atoms with Gasteiger partial charge < -0.3 is 10.1 Å². The first-order chi connectivity index (χ1) is 14.0. The predicted molar refractivity (Wildman–Crippen MR) is 102 cm³/mol.